The zero-order chi connectivity index (χ0) is 8.97. The molecule has 3 amide bonds. The van der Waals surface area contributed by atoms with Crippen molar-refractivity contribution >= 4 is 23.3 Å². The van der Waals surface area contributed by atoms with Crippen LogP contribution in [-0.4, -0.2) is 11.9 Å². The second-order valence-corrected chi connectivity index (χ2v) is 2.87. The molecule has 12 heavy (non-hydrogen) atoms. The standard InChI is InChI=1S/C6H7N3O2S/c7-6(11)9-8-5(10)4-2-1-3-12-4/h1-3H,(H,8,10)(H3,7,9,11). The summed E-state index contributed by atoms with van der Waals surface area (Å²) >= 11 is 1.28. The number of carbonyl (C=O) groups excluding carboxylic acids is 2. The largest absolute Gasteiger partial charge is 0.350 e. The van der Waals surface area contributed by atoms with E-state index in [1.165, 1.54) is 11.3 Å². The van der Waals surface area contributed by atoms with Gasteiger partial charge >= 0.3 is 6.03 Å². The first-order chi connectivity index (χ1) is 5.70. The third kappa shape index (κ3) is 2.24. The van der Waals surface area contributed by atoms with Crippen LogP contribution in [-0.2, 0) is 0 Å². The lowest BCUT2D eigenvalue weighted by molar-refractivity contribution is 0.0941. The van der Waals surface area contributed by atoms with Crippen molar-refractivity contribution in [1.82, 2.24) is 10.9 Å². The third-order valence-electron chi connectivity index (χ3n) is 1.04. The Morgan fingerprint density at radius 1 is 1.42 bits per heavy atom. The lowest BCUT2D eigenvalue weighted by atomic mass is 10.4. The molecule has 0 aliphatic carbocycles. The zero-order valence-corrected chi connectivity index (χ0v) is 6.85. The summed E-state index contributed by atoms with van der Waals surface area (Å²) < 4.78 is 0. The molecule has 0 spiro atoms. The molecule has 1 heterocycles. The first kappa shape index (κ1) is 8.54. The van der Waals surface area contributed by atoms with Crippen LogP contribution in [0.2, 0.25) is 0 Å². The molecule has 0 unspecified atom stereocenters. The maximum absolute atomic E-state index is 11.0. The molecule has 5 nitrogen and oxygen atoms in total. The highest BCUT2D eigenvalue weighted by Crippen LogP contribution is 2.06. The van der Waals surface area contributed by atoms with Crippen molar-refractivity contribution in [3.05, 3.63) is 22.4 Å². The van der Waals surface area contributed by atoms with Crippen molar-refractivity contribution in [2.45, 2.75) is 0 Å². The molecular weight excluding hydrogens is 178 g/mol. The van der Waals surface area contributed by atoms with E-state index >= 15 is 0 Å². The number of amides is 3. The number of carbonyl (C=O) groups is 2. The Hall–Kier alpha value is -1.56. The Morgan fingerprint density at radius 2 is 2.17 bits per heavy atom. The normalized spacial score (nSPS) is 9.00. The average Bonchev–Trinajstić information content (AvgIpc) is 2.51. The Morgan fingerprint density at radius 3 is 2.67 bits per heavy atom. The summed E-state index contributed by atoms with van der Waals surface area (Å²) in [6.45, 7) is 0. The van der Waals surface area contributed by atoms with Gasteiger partial charge in [0.1, 0.15) is 0 Å². The summed E-state index contributed by atoms with van der Waals surface area (Å²) in [5.41, 5.74) is 8.84. The molecule has 0 saturated carbocycles. The second-order valence-electron chi connectivity index (χ2n) is 1.92. The van der Waals surface area contributed by atoms with Crippen molar-refractivity contribution in [3.8, 4) is 0 Å². The van der Waals surface area contributed by atoms with E-state index in [0.29, 0.717) is 4.88 Å². The molecule has 64 valence electrons. The molecule has 6 heteroatoms. The molecule has 0 radical (unpaired) electrons. The van der Waals surface area contributed by atoms with Crippen molar-refractivity contribution in [3.63, 3.8) is 0 Å². The molecule has 4 N–H and O–H groups in total. The van der Waals surface area contributed by atoms with Gasteiger partial charge in [0.15, 0.2) is 0 Å². The van der Waals surface area contributed by atoms with E-state index in [2.05, 4.69) is 5.43 Å². The number of thiophene rings is 1. The number of hydrogen-bond donors (Lipinski definition) is 3. The minimum Gasteiger partial charge on any atom is -0.350 e. The highest BCUT2D eigenvalue weighted by Gasteiger charge is 2.04. The number of hydrogen-bond acceptors (Lipinski definition) is 3. The van der Waals surface area contributed by atoms with Gasteiger partial charge in [-0.15, -0.1) is 11.3 Å². The summed E-state index contributed by atoms with van der Waals surface area (Å²) in [4.78, 5) is 21.7. The van der Waals surface area contributed by atoms with E-state index in [9.17, 15) is 9.59 Å². The second kappa shape index (κ2) is 3.72. The molecule has 0 atom stereocenters. The fourth-order valence-electron chi connectivity index (χ4n) is 0.588. The van der Waals surface area contributed by atoms with Crippen molar-refractivity contribution in [2.24, 2.45) is 5.73 Å². The summed E-state index contributed by atoms with van der Waals surface area (Å²) in [6, 6.07) is 2.59. The number of nitrogens with two attached hydrogens (primary N) is 1. The van der Waals surface area contributed by atoms with Gasteiger partial charge in [-0.25, -0.2) is 10.2 Å². The maximum atomic E-state index is 11.0. The summed E-state index contributed by atoms with van der Waals surface area (Å²) in [5, 5.41) is 1.76. The van der Waals surface area contributed by atoms with Crippen LogP contribution in [0.1, 0.15) is 9.67 Å². The molecule has 0 fully saturated rings. The third-order valence-corrected chi connectivity index (χ3v) is 1.91. The van der Waals surface area contributed by atoms with Crippen LogP contribution < -0.4 is 16.6 Å². The molecule has 0 aliphatic heterocycles. The SMILES string of the molecule is NC(=O)NNC(=O)c1cccs1. The molecule has 0 aromatic carbocycles. The highest BCUT2D eigenvalue weighted by molar-refractivity contribution is 7.12. The summed E-state index contributed by atoms with van der Waals surface area (Å²) in [7, 11) is 0. The molecule has 0 aliphatic rings. The molecule has 1 aromatic heterocycles. The Balaban J connectivity index is 2.45. The Labute approximate surface area is 72.5 Å². The van der Waals surface area contributed by atoms with Crippen LogP contribution in [0, 0.1) is 0 Å². The van der Waals surface area contributed by atoms with E-state index in [1.54, 1.807) is 17.5 Å². The number of rotatable bonds is 1. The lowest BCUT2D eigenvalue weighted by Crippen LogP contribution is -2.44. The van der Waals surface area contributed by atoms with Crippen molar-refractivity contribution in [2.75, 3.05) is 0 Å². The minimum atomic E-state index is -0.792. The monoisotopic (exact) mass is 185 g/mol. The van der Waals surface area contributed by atoms with Crippen LogP contribution in [0.5, 0.6) is 0 Å². The van der Waals surface area contributed by atoms with E-state index in [4.69, 9.17) is 5.73 Å². The Bertz CT molecular complexity index is 283. The minimum absolute atomic E-state index is 0.371. The van der Waals surface area contributed by atoms with Gasteiger partial charge in [0.05, 0.1) is 4.88 Å². The Kier molecular flexibility index (Phi) is 2.65. The molecule has 1 rings (SSSR count). The zero-order valence-electron chi connectivity index (χ0n) is 6.03. The van der Waals surface area contributed by atoms with Crippen LogP contribution in [0.15, 0.2) is 17.5 Å². The molecule has 0 saturated heterocycles. The number of nitrogens with one attached hydrogen (secondary N) is 2. The predicted octanol–water partition coefficient (Wildman–Crippen LogP) is 0.0612. The number of primary amides is 1. The maximum Gasteiger partial charge on any atom is 0.330 e. The quantitative estimate of drug-likeness (QED) is 0.540. The fourth-order valence-corrected chi connectivity index (χ4v) is 1.21. The first-order valence-corrected chi connectivity index (χ1v) is 3.97. The van der Waals surface area contributed by atoms with E-state index in [-0.39, 0.29) is 5.91 Å². The number of hydrazine groups is 1. The van der Waals surface area contributed by atoms with Crippen molar-refractivity contribution < 1.29 is 9.59 Å². The first-order valence-electron chi connectivity index (χ1n) is 3.09. The van der Waals surface area contributed by atoms with E-state index in [1.807, 2.05) is 5.43 Å². The van der Waals surface area contributed by atoms with Gasteiger partial charge in [0.25, 0.3) is 5.91 Å². The van der Waals surface area contributed by atoms with Gasteiger partial charge < -0.3 is 5.73 Å². The average molecular weight is 185 g/mol. The lowest BCUT2D eigenvalue weighted by Gasteiger charge is -2.01. The highest BCUT2D eigenvalue weighted by atomic mass is 32.1. The molecule has 1 aromatic rings. The topological polar surface area (TPSA) is 84.2 Å². The summed E-state index contributed by atoms with van der Waals surface area (Å²) in [5.74, 6) is -0.371. The van der Waals surface area contributed by atoms with Gasteiger partial charge in [-0.05, 0) is 11.4 Å². The summed E-state index contributed by atoms with van der Waals surface area (Å²) in [6.07, 6.45) is 0. The van der Waals surface area contributed by atoms with Gasteiger partial charge in [-0.1, -0.05) is 6.07 Å². The van der Waals surface area contributed by atoms with Gasteiger partial charge in [0, 0.05) is 0 Å². The van der Waals surface area contributed by atoms with Gasteiger partial charge in [-0.3, -0.25) is 10.2 Å². The fraction of sp³-hybridized carbons (Fsp3) is 0. The van der Waals surface area contributed by atoms with E-state index < -0.39 is 6.03 Å². The van der Waals surface area contributed by atoms with E-state index in [0.717, 1.165) is 0 Å². The van der Waals surface area contributed by atoms with Crippen molar-refractivity contribution in [1.29, 1.82) is 0 Å². The molecular formula is C6H7N3O2S. The van der Waals surface area contributed by atoms with Crippen LogP contribution in [0.25, 0.3) is 0 Å². The van der Waals surface area contributed by atoms with Gasteiger partial charge in [0.2, 0.25) is 0 Å². The number of urea groups is 1. The van der Waals surface area contributed by atoms with Crippen LogP contribution in [0.4, 0.5) is 4.79 Å². The predicted molar refractivity (Wildman–Crippen MR) is 44.5 cm³/mol. The van der Waals surface area contributed by atoms with Crippen LogP contribution in [0.3, 0.4) is 0 Å². The molecule has 0 bridgehead atoms. The van der Waals surface area contributed by atoms with Gasteiger partial charge in [-0.2, -0.15) is 0 Å². The smallest absolute Gasteiger partial charge is 0.330 e. The van der Waals surface area contributed by atoms with Crippen LogP contribution >= 0.6 is 11.3 Å².